The Labute approximate surface area is 144 Å². The van der Waals surface area contributed by atoms with Crippen LogP contribution >= 0.6 is 11.6 Å². The molecule has 8 nitrogen and oxygen atoms in total. The third-order valence-electron chi connectivity index (χ3n) is 3.02. The van der Waals surface area contributed by atoms with Crippen LogP contribution in [0.2, 0.25) is 5.02 Å². The molecular weight excluding hydrogens is 358 g/mol. The van der Waals surface area contributed by atoms with E-state index in [1.165, 1.54) is 38.3 Å². The Morgan fingerprint density at radius 3 is 2.67 bits per heavy atom. The summed E-state index contributed by atoms with van der Waals surface area (Å²) in [4.78, 5) is 11.9. The van der Waals surface area contributed by atoms with Crippen molar-refractivity contribution < 1.29 is 22.5 Å². The highest BCUT2D eigenvalue weighted by Gasteiger charge is 2.25. The lowest BCUT2D eigenvalue weighted by molar-refractivity contribution is -0.117. The summed E-state index contributed by atoms with van der Waals surface area (Å²) >= 11 is 5.84. The summed E-state index contributed by atoms with van der Waals surface area (Å²) < 4.78 is 37.1. The fraction of sp³-hybridized carbons (Fsp3) is 0.286. The van der Waals surface area contributed by atoms with Crippen molar-refractivity contribution in [3.05, 3.63) is 35.0 Å². The zero-order valence-electron chi connectivity index (χ0n) is 13.2. The van der Waals surface area contributed by atoms with E-state index in [1.54, 1.807) is 6.92 Å². The number of aryl methyl sites for hydroxylation is 1. The second kappa shape index (κ2) is 7.20. The van der Waals surface area contributed by atoms with Crippen molar-refractivity contribution in [3.63, 3.8) is 0 Å². The minimum absolute atomic E-state index is 0.117. The summed E-state index contributed by atoms with van der Waals surface area (Å²) in [7, 11) is -2.68. The lowest BCUT2D eigenvalue weighted by Crippen LogP contribution is -2.41. The molecule has 0 unspecified atom stereocenters. The summed E-state index contributed by atoms with van der Waals surface area (Å²) in [5.74, 6) is 0.241. The first-order valence-electron chi connectivity index (χ1n) is 6.83. The number of nitrogens with one attached hydrogen (secondary N) is 2. The molecule has 0 aliphatic rings. The van der Waals surface area contributed by atoms with Crippen molar-refractivity contribution in [2.24, 2.45) is 0 Å². The Morgan fingerprint density at radius 1 is 1.38 bits per heavy atom. The molecule has 0 radical (unpaired) electrons. The first kappa shape index (κ1) is 18.2. The zero-order chi connectivity index (χ0) is 17.9. The Hall–Kier alpha value is -2.10. The molecule has 1 amide bonds. The average molecular weight is 374 g/mol. The molecule has 2 rings (SSSR count). The van der Waals surface area contributed by atoms with Gasteiger partial charge in [0.1, 0.15) is 16.4 Å². The molecule has 130 valence electrons. The molecule has 10 heteroatoms. The first-order valence-corrected chi connectivity index (χ1v) is 8.69. The summed E-state index contributed by atoms with van der Waals surface area (Å²) in [6, 6.07) is 4.63. The van der Waals surface area contributed by atoms with Crippen molar-refractivity contribution in [2.75, 3.05) is 12.4 Å². The van der Waals surface area contributed by atoms with Gasteiger partial charge in [-0.2, -0.15) is 4.72 Å². The number of hydrogen-bond donors (Lipinski definition) is 2. The number of anilines is 1. The van der Waals surface area contributed by atoms with Gasteiger partial charge in [-0.1, -0.05) is 16.8 Å². The third-order valence-corrected chi connectivity index (χ3v) is 4.82. The van der Waals surface area contributed by atoms with E-state index in [1.807, 2.05) is 0 Å². The summed E-state index contributed by atoms with van der Waals surface area (Å²) in [6.45, 7) is 3.07. The van der Waals surface area contributed by atoms with E-state index in [-0.39, 0.29) is 21.5 Å². The monoisotopic (exact) mass is 373 g/mol. The topological polar surface area (TPSA) is 111 Å². The average Bonchev–Trinajstić information content (AvgIpc) is 2.91. The van der Waals surface area contributed by atoms with Gasteiger partial charge in [-0.05, 0) is 32.0 Å². The van der Waals surface area contributed by atoms with Gasteiger partial charge in [0.25, 0.3) is 0 Å². The minimum Gasteiger partial charge on any atom is -0.495 e. The molecule has 0 aliphatic carbocycles. The van der Waals surface area contributed by atoms with Crippen LogP contribution in [0.15, 0.2) is 33.7 Å². The Kier molecular flexibility index (Phi) is 5.47. The van der Waals surface area contributed by atoms with Crippen LogP contribution in [0.25, 0.3) is 0 Å². The van der Waals surface area contributed by atoms with Crippen molar-refractivity contribution in [3.8, 4) is 5.75 Å². The molecule has 1 atom stereocenters. The van der Waals surface area contributed by atoms with Gasteiger partial charge < -0.3 is 14.6 Å². The van der Waals surface area contributed by atoms with Crippen molar-refractivity contribution in [1.82, 2.24) is 9.88 Å². The molecule has 1 aromatic carbocycles. The third kappa shape index (κ3) is 4.25. The van der Waals surface area contributed by atoms with Gasteiger partial charge in [0.15, 0.2) is 5.82 Å². The van der Waals surface area contributed by atoms with Gasteiger partial charge >= 0.3 is 0 Å². The minimum atomic E-state index is -4.02. The Bertz CT molecular complexity index is 850. The number of methoxy groups -OCH3 is 1. The van der Waals surface area contributed by atoms with E-state index in [4.69, 9.17) is 20.9 Å². The van der Waals surface area contributed by atoms with Crippen molar-refractivity contribution in [2.45, 2.75) is 24.8 Å². The van der Waals surface area contributed by atoms with Crippen LogP contribution in [-0.4, -0.2) is 32.6 Å². The van der Waals surface area contributed by atoms with Crippen molar-refractivity contribution >= 4 is 33.3 Å². The number of halogens is 1. The van der Waals surface area contributed by atoms with Crippen LogP contribution in [-0.2, 0) is 14.8 Å². The molecule has 0 saturated carbocycles. The van der Waals surface area contributed by atoms with Gasteiger partial charge in [0, 0.05) is 11.1 Å². The van der Waals surface area contributed by atoms with E-state index in [2.05, 4.69) is 15.2 Å². The molecule has 1 aromatic heterocycles. The van der Waals surface area contributed by atoms with Crippen LogP contribution in [0.3, 0.4) is 0 Å². The molecule has 0 aliphatic heterocycles. The molecule has 24 heavy (non-hydrogen) atoms. The molecule has 2 aromatic rings. The largest absolute Gasteiger partial charge is 0.495 e. The number of rotatable bonds is 6. The van der Waals surface area contributed by atoms with Crippen LogP contribution in [0, 0.1) is 6.92 Å². The quantitative estimate of drug-likeness (QED) is 0.800. The number of ether oxygens (including phenoxy) is 1. The number of carbonyl (C=O) groups is 1. The van der Waals surface area contributed by atoms with Gasteiger partial charge in [-0.25, -0.2) is 8.42 Å². The van der Waals surface area contributed by atoms with E-state index in [0.29, 0.717) is 5.76 Å². The van der Waals surface area contributed by atoms with Crippen LogP contribution < -0.4 is 14.8 Å². The normalized spacial score (nSPS) is 12.7. The number of aromatic nitrogens is 1. The fourth-order valence-electron chi connectivity index (χ4n) is 1.87. The van der Waals surface area contributed by atoms with Gasteiger partial charge in [-0.3, -0.25) is 4.79 Å². The van der Waals surface area contributed by atoms with E-state index in [0.717, 1.165) is 0 Å². The highest BCUT2D eigenvalue weighted by Crippen LogP contribution is 2.27. The molecule has 0 fully saturated rings. The van der Waals surface area contributed by atoms with E-state index >= 15 is 0 Å². The maximum absolute atomic E-state index is 12.5. The standard InChI is InChI=1S/C14H16ClN3O5S/c1-8-6-13(17-23-8)16-14(19)9(2)18-24(20,21)12-7-10(15)4-5-11(12)22-3/h4-7,9,18H,1-3H3,(H,16,17,19)/t9-/m1/s1. The predicted octanol–water partition coefficient (Wildman–Crippen LogP) is 1.95. The molecule has 0 saturated heterocycles. The highest BCUT2D eigenvalue weighted by molar-refractivity contribution is 7.89. The molecule has 1 heterocycles. The van der Waals surface area contributed by atoms with Crippen LogP contribution in [0.5, 0.6) is 5.75 Å². The number of nitrogens with zero attached hydrogens (tertiary/aromatic N) is 1. The number of sulfonamides is 1. The van der Waals surface area contributed by atoms with Crippen LogP contribution in [0.1, 0.15) is 12.7 Å². The predicted molar refractivity (Wildman–Crippen MR) is 87.7 cm³/mol. The molecule has 0 bridgehead atoms. The summed E-state index contributed by atoms with van der Waals surface area (Å²) in [5.41, 5.74) is 0. The fourth-order valence-corrected chi connectivity index (χ4v) is 3.50. The van der Waals surface area contributed by atoms with Gasteiger partial charge in [0.05, 0.1) is 13.2 Å². The van der Waals surface area contributed by atoms with E-state index < -0.39 is 22.0 Å². The number of benzene rings is 1. The second-order valence-electron chi connectivity index (χ2n) is 4.95. The molecule has 0 spiro atoms. The lowest BCUT2D eigenvalue weighted by atomic mass is 10.3. The highest BCUT2D eigenvalue weighted by atomic mass is 35.5. The number of carbonyl (C=O) groups excluding carboxylic acids is 1. The summed E-state index contributed by atoms with van der Waals surface area (Å²) in [6.07, 6.45) is 0. The SMILES string of the molecule is COc1ccc(Cl)cc1S(=O)(=O)N[C@H](C)C(=O)Nc1cc(C)on1. The lowest BCUT2D eigenvalue weighted by Gasteiger charge is -2.15. The smallest absolute Gasteiger partial charge is 0.245 e. The van der Waals surface area contributed by atoms with Crippen LogP contribution in [0.4, 0.5) is 5.82 Å². The first-order chi connectivity index (χ1) is 11.2. The zero-order valence-corrected chi connectivity index (χ0v) is 14.7. The maximum atomic E-state index is 12.5. The van der Waals surface area contributed by atoms with Crippen molar-refractivity contribution in [1.29, 1.82) is 0 Å². The second-order valence-corrected chi connectivity index (χ2v) is 7.07. The van der Waals surface area contributed by atoms with Gasteiger partial charge in [-0.15, -0.1) is 0 Å². The van der Waals surface area contributed by atoms with Gasteiger partial charge in [0.2, 0.25) is 15.9 Å². The Morgan fingerprint density at radius 2 is 2.08 bits per heavy atom. The molecule has 2 N–H and O–H groups in total. The maximum Gasteiger partial charge on any atom is 0.245 e. The summed E-state index contributed by atoms with van der Waals surface area (Å²) in [5, 5.41) is 6.29. The molecular formula is C14H16ClN3O5S. The van der Waals surface area contributed by atoms with E-state index in [9.17, 15) is 13.2 Å². The number of hydrogen-bond acceptors (Lipinski definition) is 6. The Balaban J connectivity index is 2.16. The number of amides is 1.